The number of hydrogen-bond acceptors (Lipinski definition) is 6. The Balaban J connectivity index is 1.51. The molecule has 0 unspecified atom stereocenters. The lowest BCUT2D eigenvalue weighted by Crippen LogP contribution is -2.43. The number of rotatable bonds is 5. The number of carbonyl (C=O) groups is 2. The largest absolute Gasteiger partial charge is 0.494 e. The lowest BCUT2D eigenvalue weighted by molar-refractivity contribution is -0.223. The van der Waals surface area contributed by atoms with Crippen LogP contribution >= 0.6 is 0 Å². The first-order valence-corrected chi connectivity index (χ1v) is 10.8. The molecule has 3 heterocycles. The number of hydrogen-bond donors (Lipinski definition) is 1. The van der Waals surface area contributed by atoms with Crippen molar-refractivity contribution < 1.29 is 23.8 Å². The van der Waals surface area contributed by atoms with Crippen LogP contribution in [-0.4, -0.2) is 36.2 Å². The summed E-state index contributed by atoms with van der Waals surface area (Å²) in [7, 11) is 0. The number of ether oxygens (including phenoxy) is 3. The van der Waals surface area contributed by atoms with Gasteiger partial charge < -0.3 is 24.1 Å². The lowest BCUT2D eigenvalue weighted by Gasteiger charge is -2.30. The molecule has 1 spiro atoms. The van der Waals surface area contributed by atoms with Crippen LogP contribution in [0.3, 0.4) is 0 Å². The van der Waals surface area contributed by atoms with Crippen molar-refractivity contribution in [3.05, 3.63) is 78.0 Å². The summed E-state index contributed by atoms with van der Waals surface area (Å²) in [5.74, 6) is -1.86. The molecule has 5 rings (SSSR count). The van der Waals surface area contributed by atoms with Crippen LogP contribution in [0.1, 0.15) is 17.7 Å². The Morgan fingerprint density at radius 1 is 0.969 bits per heavy atom. The standard InChI is InChI=1S/C25H24N2O5/c28-22-11-12-23(29)32-25(31-22)17-26-14-13-21-24(25)19-9-4-5-10-20(19)27(21)15-6-16-30-18-7-2-1-3-8-18/h1-5,7-12,26H,6,13-17H2. The fourth-order valence-corrected chi connectivity index (χ4v) is 4.50. The number of fused-ring (bicyclic) bond motifs is 4. The third-order valence-electron chi connectivity index (χ3n) is 5.78. The highest BCUT2D eigenvalue weighted by atomic mass is 16.7. The van der Waals surface area contributed by atoms with Gasteiger partial charge in [-0.3, -0.25) is 0 Å². The van der Waals surface area contributed by atoms with Gasteiger partial charge in [0.25, 0.3) is 5.79 Å². The summed E-state index contributed by atoms with van der Waals surface area (Å²) < 4.78 is 19.6. The zero-order chi connectivity index (χ0) is 22.0. The third kappa shape index (κ3) is 3.76. The highest BCUT2D eigenvalue weighted by Gasteiger charge is 2.47. The summed E-state index contributed by atoms with van der Waals surface area (Å²) in [6, 6.07) is 17.7. The molecule has 7 nitrogen and oxygen atoms in total. The minimum Gasteiger partial charge on any atom is -0.494 e. The fraction of sp³-hybridized carbons (Fsp3) is 0.280. The first kappa shape index (κ1) is 20.3. The van der Waals surface area contributed by atoms with Gasteiger partial charge in [-0.2, -0.15) is 0 Å². The zero-order valence-electron chi connectivity index (χ0n) is 17.6. The fourth-order valence-electron chi connectivity index (χ4n) is 4.50. The van der Waals surface area contributed by atoms with Crippen molar-refractivity contribution in [3.8, 4) is 5.75 Å². The molecule has 164 valence electrons. The molecule has 2 aliphatic rings. The summed E-state index contributed by atoms with van der Waals surface area (Å²) in [5.41, 5.74) is 2.76. The SMILES string of the molecule is O=C1C=CC(=O)OC2(CNCCc3c2c2ccccc2n3CCCOc2ccccc2)O1. The van der Waals surface area contributed by atoms with E-state index in [0.717, 1.165) is 53.0 Å². The van der Waals surface area contributed by atoms with E-state index in [2.05, 4.69) is 9.88 Å². The Morgan fingerprint density at radius 2 is 1.69 bits per heavy atom. The highest BCUT2D eigenvalue weighted by molar-refractivity contribution is 5.95. The van der Waals surface area contributed by atoms with Gasteiger partial charge in [-0.1, -0.05) is 36.4 Å². The second-order valence-corrected chi connectivity index (χ2v) is 7.86. The molecule has 0 amide bonds. The van der Waals surface area contributed by atoms with E-state index >= 15 is 0 Å². The number of benzene rings is 2. The van der Waals surface area contributed by atoms with Gasteiger partial charge in [0, 0.05) is 48.3 Å². The van der Waals surface area contributed by atoms with E-state index in [1.807, 2.05) is 54.6 Å². The van der Waals surface area contributed by atoms with Gasteiger partial charge in [-0.25, -0.2) is 9.59 Å². The maximum absolute atomic E-state index is 12.3. The minimum atomic E-state index is -1.51. The Labute approximate surface area is 185 Å². The van der Waals surface area contributed by atoms with Gasteiger partial charge in [0.2, 0.25) is 0 Å². The van der Waals surface area contributed by atoms with Crippen molar-refractivity contribution in [1.29, 1.82) is 0 Å². The van der Waals surface area contributed by atoms with E-state index < -0.39 is 17.7 Å². The number of carbonyl (C=O) groups excluding carboxylic acids is 2. The second kappa shape index (κ2) is 8.51. The molecule has 0 atom stereocenters. The molecular weight excluding hydrogens is 408 g/mol. The predicted molar refractivity (Wildman–Crippen MR) is 118 cm³/mol. The molecule has 0 bridgehead atoms. The second-order valence-electron chi connectivity index (χ2n) is 7.86. The smallest absolute Gasteiger partial charge is 0.334 e. The van der Waals surface area contributed by atoms with Crippen LogP contribution in [0.5, 0.6) is 5.75 Å². The lowest BCUT2D eigenvalue weighted by atomic mass is 10.0. The third-order valence-corrected chi connectivity index (χ3v) is 5.78. The van der Waals surface area contributed by atoms with Crippen LogP contribution in [0.25, 0.3) is 10.9 Å². The predicted octanol–water partition coefficient (Wildman–Crippen LogP) is 3.07. The number of para-hydroxylation sites is 2. The van der Waals surface area contributed by atoms with Crippen molar-refractivity contribution in [1.82, 2.24) is 9.88 Å². The molecule has 0 saturated heterocycles. The summed E-state index contributed by atoms with van der Waals surface area (Å²) in [5, 5.41) is 4.18. The average molecular weight is 432 g/mol. The minimum absolute atomic E-state index is 0.199. The molecule has 0 radical (unpaired) electrons. The van der Waals surface area contributed by atoms with E-state index in [9.17, 15) is 9.59 Å². The van der Waals surface area contributed by atoms with Crippen molar-refractivity contribution in [2.24, 2.45) is 0 Å². The molecule has 7 heteroatoms. The molecule has 1 N–H and O–H groups in total. The zero-order valence-corrected chi connectivity index (χ0v) is 17.6. The Hall–Kier alpha value is -3.58. The maximum Gasteiger partial charge on any atom is 0.334 e. The summed E-state index contributed by atoms with van der Waals surface area (Å²) in [6.45, 7) is 2.17. The number of aromatic nitrogens is 1. The molecule has 0 aliphatic carbocycles. The number of aryl methyl sites for hydroxylation is 1. The summed E-state index contributed by atoms with van der Waals surface area (Å²) in [6.07, 6.45) is 3.74. The van der Waals surface area contributed by atoms with Crippen molar-refractivity contribution in [2.45, 2.75) is 25.2 Å². The molecule has 0 fully saturated rings. The van der Waals surface area contributed by atoms with E-state index in [0.29, 0.717) is 19.6 Å². The summed E-state index contributed by atoms with van der Waals surface area (Å²) >= 11 is 0. The van der Waals surface area contributed by atoms with E-state index in [-0.39, 0.29) is 6.54 Å². The number of esters is 2. The molecule has 3 aromatic rings. The summed E-state index contributed by atoms with van der Waals surface area (Å²) in [4.78, 5) is 24.6. The van der Waals surface area contributed by atoms with Gasteiger partial charge >= 0.3 is 11.9 Å². The van der Waals surface area contributed by atoms with Crippen LogP contribution in [0.2, 0.25) is 0 Å². The molecule has 32 heavy (non-hydrogen) atoms. The van der Waals surface area contributed by atoms with Crippen molar-refractivity contribution >= 4 is 22.8 Å². The molecule has 2 aromatic carbocycles. The molecule has 0 saturated carbocycles. The number of nitrogens with zero attached hydrogens (tertiary/aromatic N) is 1. The Morgan fingerprint density at radius 3 is 2.47 bits per heavy atom. The number of nitrogens with one attached hydrogen (secondary N) is 1. The Kier molecular flexibility index (Phi) is 5.41. The quantitative estimate of drug-likeness (QED) is 0.493. The van der Waals surface area contributed by atoms with Crippen LogP contribution in [0.4, 0.5) is 0 Å². The highest BCUT2D eigenvalue weighted by Crippen LogP contribution is 2.40. The van der Waals surface area contributed by atoms with E-state index in [4.69, 9.17) is 14.2 Å². The van der Waals surface area contributed by atoms with Crippen LogP contribution < -0.4 is 10.1 Å². The molecular formula is C25H24N2O5. The van der Waals surface area contributed by atoms with Crippen LogP contribution in [-0.2, 0) is 37.8 Å². The molecule has 1 aromatic heterocycles. The molecule has 2 aliphatic heterocycles. The van der Waals surface area contributed by atoms with Crippen molar-refractivity contribution in [2.75, 3.05) is 19.7 Å². The van der Waals surface area contributed by atoms with Gasteiger partial charge in [-0.05, 0) is 24.6 Å². The van der Waals surface area contributed by atoms with Gasteiger partial charge in [-0.15, -0.1) is 0 Å². The first-order valence-electron chi connectivity index (χ1n) is 10.8. The van der Waals surface area contributed by atoms with Crippen molar-refractivity contribution in [3.63, 3.8) is 0 Å². The topological polar surface area (TPSA) is 78.8 Å². The van der Waals surface area contributed by atoms with Crippen LogP contribution in [0, 0.1) is 0 Å². The van der Waals surface area contributed by atoms with Gasteiger partial charge in [0.1, 0.15) is 5.75 Å². The maximum atomic E-state index is 12.3. The monoisotopic (exact) mass is 432 g/mol. The van der Waals surface area contributed by atoms with E-state index in [1.54, 1.807) is 0 Å². The first-order chi connectivity index (χ1) is 15.7. The Bertz CT molecular complexity index is 1160. The average Bonchev–Trinajstić information content (AvgIpc) is 2.89. The van der Waals surface area contributed by atoms with Gasteiger partial charge in [0.15, 0.2) is 0 Å². The van der Waals surface area contributed by atoms with E-state index in [1.165, 1.54) is 0 Å². The normalized spacial score (nSPS) is 17.4. The van der Waals surface area contributed by atoms with Crippen LogP contribution in [0.15, 0.2) is 66.7 Å². The van der Waals surface area contributed by atoms with Gasteiger partial charge in [0.05, 0.1) is 18.7 Å².